The molecule has 0 saturated carbocycles. The van der Waals surface area contributed by atoms with E-state index < -0.39 is 0 Å². The molecule has 0 fully saturated rings. The summed E-state index contributed by atoms with van der Waals surface area (Å²) in [6, 6.07) is 13.7. The average molecular weight is 413 g/mol. The van der Waals surface area contributed by atoms with E-state index in [4.69, 9.17) is 14.2 Å². The predicted octanol–water partition coefficient (Wildman–Crippen LogP) is 4.04. The first-order chi connectivity index (χ1) is 14.2. The van der Waals surface area contributed by atoms with Crippen molar-refractivity contribution < 1.29 is 14.2 Å². The summed E-state index contributed by atoms with van der Waals surface area (Å²) < 4.78 is 18.8. The molecule has 0 aliphatic carbocycles. The van der Waals surface area contributed by atoms with Gasteiger partial charge in [0, 0.05) is 12.0 Å². The Bertz CT molecular complexity index is 927. The van der Waals surface area contributed by atoms with Crippen LogP contribution in [0, 0.1) is 0 Å². The Kier molecular flexibility index (Phi) is 7.13. The third-order valence-corrected chi connectivity index (χ3v) is 4.83. The summed E-state index contributed by atoms with van der Waals surface area (Å²) in [6.45, 7) is 2.43. The van der Waals surface area contributed by atoms with Crippen molar-refractivity contribution in [2.75, 3.05) is 20.5 Å². The quantitative estimate of drug-likeness (QED) is 0.390. The third-order valence-electron chi connectivity index (χ3n) is 4.21. The zero-order chi connectivity index (χ0) is 20.6. The first-order valence-electron chi connectivity index (χ1n) is 9.15. The van der Waals surface area contributed by atoms with Crippen molar-refractivity contribution in [1.82, 2.24) is 14.9 Å². The minimum absolute atomic E-state index is 0.415. The zero-order valence-corrected chi connectivity index (χ0v) is 17.8. The molecule has 1 heterocycles. The molecular weight excluding hydrogens is 388 g/mol. The van der Waals surface area contributed by atoms with Crippen molar-refractivity contribution in [3.63, 3.8) is 0 Å². The molecule has 0 radical (unpaired) electrons. The molecule has 0 amide bonds. The number of methoxy groups -OCH3 is 2. The number of nitrogens with zero attached hydrogens (tertiary/aromatic N) is 4. The van der Waals surface area contributed by atoms with E-state index in [-0.39, 0.29) is 0 Å². The second kappa shape index (κ2) is 9.97. The number of hydrogen-bond donors (Lipinski definition) is 0. The molecule has 29 heavy (non-hydrogen) atoms. The first kappa shape index (κ1) is 20.7. The van der Waals surface area contributed by atoms with Gasteiger partial charge < -0.3 is 14.2 Å². The molecule has 2 aromatic carbocycles. The Hall–Kier alpha value is -3.00. The molecular formula is C21H24N4O3S. The van der Waals surface area contributed by atoms with E-state index in [2.05, 4.69) is 15.3 Å². The largest absolute Gasteiger partial charge is 0.493 e. The Balaban J connectivity index is 1.88. The van der Waals surface area contributed by atoms with Crippen molar-refractivity contribution >= 4 is 18.0 Å². The molecule has 8 heteroatoms. The molecule has 7 nitrogen and oxygen atoms in total. The van der Waals surface area contributed by atoms with Gasteiger partial charge in [-0.1, -0.05) is 49.0 Å². The molecule has 3 rings (SSSR count). The van der Waals surface area contributed by atoms with Crippen LogP contribution in [-0.2, 0) is 13.0 Å². The molecule has 0 aliphatic rings. The standard InChI is InChI=1S/C21H24N4O3S/c1-5-19-23-24-21(29-4)25(19)22-13-16-11-17(26-2)20(18(12-16)27-3)28-14-15-9-7-6-8-10-15/h6-13H,5,14H2,1-4H3/b22-13-. The van der Waals surface area contributed by atoms with Crippen LogP contribution < -0.4 is 14.2 Å². The van der Waals surface area contributed by atoms with Gasteiger partial charge in [0.15, 0.2) is 17.3 Å². The van der Waals surface area contributed by atoms with Gasteiger partial charge in [0.2, 0.25) is 10.9 Å². The summed E-state index contributed by atoms with van der Waals surface area (Å²) in [6.07, 6.45) is 4.42. The van der Waals surface area contributed by atoms with E-state index in [0.29, 0.717) is 23.9 Å². The normalized spacial score (nSPS) is 11.0. The molecule has 152 valence electrons. The molecule has 0 N–H and O–H groups in total. The zero-order valence-electron chi connectivity index (χ0n) is 17.0. The van der Waals surface area contributed by atoms with E-state index in [1.54, 1.807) is 25.1 Å². The van der Waals surface area contributed by atoms with Crippen LogP contribution in [0.1, 0.15) is 23.9 Å². The lowest BCUT2D eigenvalue weighted by Gasteiger charge is -2.15. The summed E-state index contributed by atoms with van der Waals surface area (Å²) in [4.78, 5) is 0. The minimum atomic E-state index is 0.415. The number of aromatic nitrogens is 3. The summed E-state index contributed by atoms with van der Waals surface area (Å²) in [5.74, 6) is 2.50. The van der Waals surface area contributed by atoms with E-state index in [1.165, 1.54) is 11.8 Å². The van der Waals surface area contributed by atoms with Crippen LogP contribution >= 0.6 is 11.8 Å². The Morgan fingerprint density at radius 2 is 1.76 bits per heavy atom. The molecule has 1 aromatic heterocycles. The maximum Gasteiger partial charge on any atom is 0.211 e. The SMILES string of the molecule is CCc1nnc(SC)n1/N=C\c1cc(OC)c(OCc2ccccc2)c(OC)c1. The molecule has 3 aromatic rings. The van der Waals surface area contributed by atoms with Gasteiger partial charge in [0.05, 0.1) is 20.4 Å². The molecule has 0 bridgehead atoms. The number of benzene rings is 2. The monoisotopic (exact) mass is 412 g/mol. The van der Waals surface area contributed by atoms with Gasteiger partial charge >= 0.3 is 0 Å². The van der Waals surface area contributed by atoms with E-state index in [0.717, 1.165) is 28.5 Å². The lowest BCUT2D eigenvalue weighted by Crippen LogP contribution is -2.02. The van der Waals surface area contributed by atoms with Gasteiger partial charge in [0.25, 0.3) is 0 Å². The summed E-state index contributed by atoms with van der Waals surface area (Å²) >= 11 is 1.50. The van der Waals surface area contributed by atoms with Crippen LogP contribution in [-0.4, -0.2) is 41.6 Å². The highest BCUT2D eigenvalue weighted by molar-refractivity contribution is 7.98. The maximum absolute atomic E-state index is 5.99. The molecule has 0 atom stereocenters. The van der Waals surface area contributed by atoms with Crippen LogP contribution in [0.3, 0.4) is 0 Å². The maximum atomic E-state index is 5.99. The second-order valence-electron chi connectivity index (χ2n) is 6.04. The topological polar surface area (TPSA) is 70.8 Å². The molecule has 0 aliphatic heterocycles. The van der Waals surface area contributed by atoms with Crippen molar-refractivity contribution in [1.29, 1.82) is 0 Å². The van der Waals surface area contributed by atoms with E-state index in [9.17, 15) is 0 Å². The smallest absolute Gasteiger partial charge is 0.211 e. The van der Waals surface area contributed by atoms with E-state index in [1.807, 2.05) is 55.6 Å². The minimum Gasteiger partial charge on any atom is -0.493 e. The van der Waals surface area contributed by atoms with Gasteiger partial charge in [-0.25, -0.2) is 0 Å². The second-order valence-corrected chi connectivity index (χ2v) is 6.82. The summed E-state index contributed by atoms with van der Waals surface area (Å²) in [5, 5.41) is 13.6. The van der Waals surface area contributed by atoms with Crippen molar-refractivity contribution in [3.8, 4) is 17.2 Å². The van der Waals surface area contributed by atoms with Crippen LogP contribution in [0.5, 0.6) is 17.2 Å². The van der Waals surface area contributed by atoms with Crippen molar-refractivity contribution in [2.45, 2.75) is 25.1 Å². The van der Waals surface area contributed by atoms with Gasteiger partial charge in [0.1, 0.15) is 6.61 Å². The third kappa shape index (κ3) is 4.89. The van der Waals surface area contributed by atoms with Crippen LogP contribution in [0.25, 0.3) is 0 Å². The Morgan fingerprint density at radius 1 is 1.07 bits per heavy atom. The average Bonchev–Trinajstić information content (AvgIpc) is 3.18. The fourth-order valence-electron chi connectivity index (χ4n) is 2.73. The predicted molar refractivity (Wildman–Crippen MR) is 114 cm³/mol. The van der Waals surface area contributed by atoms with Gasteiger partial charge in [-0.05, 0) is 24.0 Å². The number of ether oxygens (including phenoxy) is 3. The Morgan fingerprint density at radius 3 is 2.34 bits per heavy atom. The molecule has 0 unspecified atom stereocenters. The number of hydrogen-bond acceptors (Lipinski definition) is 7. The van der Waals surface area contributed by atoms with Crippen molar-refractivity contribution in [3.05, 3.63) is 59.4 Å². The van der Waals surface area contributed by atoms with Crippen molar-refractivity contribution in [2.24, 2.45) is 5.10 Å². The molecule has 0 saturated heterocycles. The highest BCUT2D eigenvalue weighted by Crippen LogP contribution is 2.38. The lowest BCUT2D eigenvalue weighted by atomic mass is 10.2. The Labute approximate surface area is 174 Å². The van der Waals surface area contributed by atoms with E-state index >= 15 is 0 Å². The number of aryl methyl sites for hydroxylation is 1. The van der Waals surface area contributed by atoms with Gasteiger partial charge in [-0.2, -0.15) is 9.78 Å². The van der Waals surface area contributed by atoms with Crippen LogP contribution in [0.4, 0.5) is 0 Å². The first-order valence-corrected chi connectivity index (χ1v) is 10.4. The number of thioether (sulfide) groups is 1. The fourth-order valence-corrected chi connectivity index (χ4v) is 3.18. The van der Waals surface area contributed by atoms with Gasteiger partial charge in [-0.15, -0.1) is 10.2 Å². The highest BCUT2D eigenvalue weighted by Gasteiger charge is 2.15. The molecule has 0 spiro atoms. The lowest BCUT2D eigenvalue weighted by molar-refractivity contribution is 0.266. The summed E-state index contributed by atoms with van der Waals surface area (Å²) in [7, 11) is 3.21. The highest BCUT2D eigenvalue weighted by atomic mass is 32.2. The fraction of sp³-hybridized carbons (Fsp3) is 0.286. The summed E-state index contributed by atoms with van der Waals surface area (Å²) in [5.41, 5.74) is 1.88. The number of rotatable bonds is 9. The van der Waals surface area contributed by atoms with Crippen LogP contribution in [0.15, 0.2) is 52.7 Å². The van der Waals surface area contributed by atoms with Gasteiger partial charge in [-0.3, -0.25) is 0 Å². The van der Waals surface area contributed by atoms with Crippen LogP contribution in [0.2, 0.25) is 0 Å².